The van der Waals surface area contributed by atoms with Crippen LogP contribution in [-0.2, 0) is 12.8 Å². The third kappa shape index (κ3) is 2.95. The van der Waals surface area contributed by atoms with Crippen molar-refractivity contribution in [3.8, 4) is 5.75 Å². The third-order valence-electron chi connectivity index (χ3n) is 4.01. The first-order chi connectivity index (χ1) is 10.3. The van der Waals surface area contributed by atoms with Crippen molar-refractivity contribution in [2.24, 2.45) is 5.84 Å². The molecule has 2 aromatic heterocycles. The van der Waals surface area contributed by atoms with Crippen LogP contribution in [0.15, 0.2) is 24.4 Å². The van der Waals surface area contributed by atoms with E-state index in [4.69, 9.17) is 10.6 Å². The van der Waals surface area contributed by atoms with Crippen LogP contribution in [-0.4, -0.2) is 12.1 Å². The summed E-state index contributed by atoms with van der Waals surface area (Å²) in [6.45, 7) is 0. The smallest absolute Gasteiger partial charge is 0.142 e. The van der Waals surface area contributed by atoms with Crippen molar-refractivity contribution >= 4 is 11.3 Å². The summed E-state index contributed by atoms with van der Waals surface area (Å²) in [6, 6.07) is 5.98. The zero-order chi connectivity index (χ0) is 14.7. The summed E-state index contributed by atoms with van der Waals surface area (Å²) in [7, 11) is 1.66. The first-order valence-electron chi connectivity index (χ1n) is 7.40. The van der Waals surface area contributed by atoms with Crippen LogP contribution < -0.4 is 16.0 Å². The maximum Gasteiger partial charge on any atom is 0.142 e. The summed E-state index contributed by atoms with van der Waals surface area (Å²) >= 11 is 1.86. The number of nitrogens with zero attached hydrogens (tertiary/aromatic N) is 1. The molecule has 1 aliphatic carbocycles. The molecule has 0 aliphatic heterocycles. The molecule has 21 heavy (non-hydrogen) atoms. The molecule has 0 bridgehead atoms. The average Bonchev–Trinajstić information content (AvgIpc) is 2.79. The van der Waals surface area contributed by atoms with E-state index in [1.165, 1.54) is 47.4 Å². The molecular formula is C16H21N3OS. The largest absolute Gasteiger partial charge is 0.495 e. The van der Waals surface area contributed by atoms with Gasteiger partial charge >= 0.3 is 0 Å². The Hall–Kier alpha value is -1.43. The van der Waals surface area contributed by atoms with Gasteiger partial charge in [-0.15, -0.1) is 11.3 Å². The van der Waals surface area contributed by atoms with Crippen molar-refractivity contribution in [2.45, 2.75) is 38.1 Å². The molecule has 2 heterocycles. The molecule has 3 rings (SSSR count). The van der Waals surface area contributed by atoms with Crippen molar-refractivity contribution in [3.63, 3.8) is 0 Å². The standard InChI is InChI=1S/C16H21N3OS/c1-20-12-7-5-9-18-15(12)16(19-17)14-10-11-6-3-2-4-8-13(11)21-14/h5,7,9-10,16,19H,2-4,6,8,17H2,1H3. The average molecular weight is 303 g/mol. The van der Waals surface area contributed by atoms with Gasteiger partial charge in [-0.05, 0) is 49.4 Å². The fourth-order valence-electron chi connectivity index (χ4n) is 2.92. The number of rotatable bonds is 4. The van der Waals surface area contributed by atoms with Gasteiger partial charge in [-0.2, -0.15) is 0 Å². The number of aromatic nitrogens is 1. The molecule has 0 fully saturated rings. The van der Waals surface area contributed by atoms with Gasteiger partial charge in [0.2, 0.25) is 0 Å². The number of thiophene rings is 1. The van der Waals surface area contributed by atoms with Crippen LogP contribution in [0.3, 0.4) is 0 Å². The lowest BCUT2D eigenvalue weighted by atomic mass is 10.1. The summed E-state index contributed by atoms with van der Waals surface area (Å²) in [6.07, 6.45) is 8.07. The van der Waals surface area contributed by atoms with Crippen LogP contribution in [0.5, 0.6) is 5.75 Å². The molecule has 0 radical (unpaired) electrons. The number of pyridine rings is 1. The van der Waals surface area contributed by atoms with Crippen LogP contribution in [0.4, 0.5) is 0 Å². The molecular weight excluding hydrogens is 282 g/mol. The van der Waals surface area contributed by atoms with Gasteiger partial charge in [0.25, 0.3) is 0 Å². The Morgan fingerprint density at radius 1 is 1.33 bits per heavy atom. The van der Waals surface area contributed by atoms with E-state index in [9.17, 15) is 0 Å². The van der Waals surface area contributed by atoms with Gasteiger partial charge in [0.15, 0.2) is 0 Å². The summed E-state index contributed by atoms with van der Waals surface area (Å²) in [5, 5.41) is 0. The predicted molar refractivity (Wildman–Crippen MR) is 85.5 cm³/mol. The van der Waals surface area contributed by atoms with Crippen molar-refractivity contribution in [1.82, 2.24) is 10.4 Å². The monoisotopic (exact) mass is 303 g/mol. The topological polar surface area (TPSA) is 60.2 Å². The van der Waals surface area contributed by atoms with Gasteiger partial charge < -0.3 is 4.74 Å². The molecule has 0 spiro atoms. The van der Waals surface area contributed by atoms with E-state index in [-0.39, 0.29) is 6.04 Å². The van der Waals surface area contributed by atoms with Crippen molar-refractivity contribution in [3.05, 3.63) is 45.4 Å². The second kappa shape index (κ2) is 6.56. The first-order valence-corrected chi connectivity index (χ1v) is 8.21. The molecule has 5 heteroatoms. The number of fused-ring (bicyclic) bond motifs is 1. The minimum absolute atomic E-state index is 0.113. The molecule has 2 aromatic rings. The summed E-state index contributed by atoms with van der Waals surface area (Å²) in [5.74, 6) is 6.58. The Morgan fingerprint density at radius 3 is 3.00 bits per heavy atom. The quantitative estimate of drug-likeness (QED) is 0.518. The van der Waals surface area contributed by atoms with E-state index in [0.717, 1.165) is 11.4 Å². The molecule has 1 atom stereocenters. The number of ether oxygens (including phenoxy) is 1. The molecule has 0 saturated heterocycles. The molecule has 4 nitrogen and oxygen atoms in total. The minimum atomic E-state index is -0.113. The number of hydrogen-bond donors (Lipinski definition) is 2. The second-order valence-electron chi connectivity index (χ2n) is 5.35. The molecule has 3 N–H and O–H groups in total. The van der Waals surface area contributed by atoms with Crippen LogP contribution in [0.2, 0.25) is 0 Å². The highest BCUT2D eigenvalue weighted by Gasteiger charge is 2.22. The SMILES string of the molecule is COc1cccnc1C(NN)c1cc2c(s1)CCCCC2. The number of nitrogens with two attached hydrogens (primary N) is 1. The number of methoxy groups -OCH3 is 1. The van der Waals surface area contributed by atoms with Crippen molar-refractivity contribution in [2.75, 3.05) is 7.11 Å². The van der Waals surface area contributed by atoms with E-state index in [0.29, 0.717) is 0 Å². The highest BCUT2D eigenvalue weighted by molar-refractivity contribution is 7.12. The van der Waals surface area contributed by atoms with E-state index in [1.807, 2.05) is 23.5 Å². The van der Waals surface area contributed by atoms with Crippen molar-refractivity contribution in [1.29, 1.82) is 0 Å². The van der Waals surface area contributed by atoms with E-state index in [1.54, 1.807) is 13.3 Å². The lowest BCUT2D eigenvalue weighted by Gasteiger charge is -2.16. The Balaban J connectivity index is 1.96. The van der Waals surface area contributed by atoms with Gasteiger partial charge in [0, 0.05) is 16.0 Å². The van der Waals surface area contributed by atoms with Crippen LogP contribution in [0.1, 0.15) is 46.3 Å². The molecule has 1 unspecified atom stereocenters. The van der Waals surface area contributed by atoms with Gasteiger partial charge in [-0.25, -0.2) is 5.43 Å². The van der Waals surface area contributed by atoms with Gasteiger partial charge in [0.05, 0.1) is 7.11 Å². The molecule has 112 valence electrons. The van der Waals surface area contributed by atoms with E-state index >= 15 is 0 Å². The molecule has 0 saturated carbocycles. The first kappa shape index (κ1) is 14.5. The summed E-state index contributed by atoms with van der Waals surface area (Å²) < 4.78 is 5.42. The highest BCUT2D eigenvalue weighted by Crippen LogP contribution is 2.36. The third-order valence-corrected chi connectivity index (χ3v) is 5.31. The zero-order valence-corrected chi connectivity index (χ0v) is 13.1. The van der Waals surface area contributed by atoms with Gasteiger partial charge in [-0.1, -0.05) is 6.42 Å². The Morgan fingerprint density at radius 2 is 2.19 bits per heavy atom. The molecule has 0 aromatic carbocycles. The predicted octanol–water partition coefficient (Wildman–Crippen LogP) is 2.97. The second-order valence-corrected chi connectivity index (χ2v) is 6.52. The maximum atomic E-state index is 5.81. The fourth-order valence-corrected chi connectivity index (χ4v) is 4.24. The van der Waals surface area contributed by atoms with E-state index in [2.05, 4.69) is 16.5 Å². The maximum absolute atomic E-state index is 5.81. The Labute approximate surface area is 129 Å². The Kier molecular flexibility index (Phi) is 4.53. The van der Waals surface area contributed by atoms with Crippen molar-refractivity contribution < 1.29 is 4.74 Å². The van der Waals surface area contributed by atoms with Crippen LogP contribution in [0, 0.1) is 0 Å². The normalized spacial score (nSPS) is 16.1. The van der Waals surface area contributed by atoms with Gasteiger partial charge in [0.1, 0.15) is 17.5 Å². The number of hydrazine groups is 1. The number of nitrogens with one attached hydrogen (secondary N) is 1. The summed E-state index contributed by atoms with van der Waals surface area (Å²) in [5.41, 5.74) is 5.24. The minimum Gasteiger partial charge on any atom is -0.495 e. The number of aryl methyl sites for hydroxylation is 2. The highest BCUT2D eigenvalue weighted by atomic mass is 32.1. The lowest BCUT2D eigenvalue weighted by Crippen LogP contribution is -2.29. The lowest BCUT2D eigenvalue weighted by molar-refractivity contribution is 0.400. The summed E-state index contributed by atoms with van der Waals surface area (Å²) in [4.78, 5) is 7.20. The van der Waals surface area contributed by atoms with Gasteiger partial charge in [-0.3, -0.25) is 10.8 Å². The fraction of sp³-hybridized carbons (Fsp3) is 0.438. The zero-order valence-electron chi connectivity index (χ0n) is 12.3. The Bertz CT molecular complexity index is 588. The van der Waals surface area contributed by atoms with E-state index < -0.39 is 0 Å². The number of hydrogen-bond acceptors (Lipinski definition) is 5. The molecule has 1 aliphatic rings. The van der Waals surface area contributed by atoms with Crippen LogP contribution >= 0.6 is 11.3 Å². The van der Waals surface area contributed by atoms with Crippen LogP contribution in [0.25, 0.3) is 0 Å². The molecule has 0 amide bonds.